The zero-order chi connectivity index (χ0) is 10.8. The number of aryl methyl sites for hydroxylation is 1. The van der Waals surface area contributed by atoms with Gasteiger partial charge in [0, 0.05) is 30.4 Å². The molecule has 0 aliphatic rings. The summed E-state index contributed by atoms with van der Waals surface area (Å²) in [6.07, 6.45) is 2.13. The quantitative estimate of drug-likeness (QED) is 0.861. The Hall–Kier alpha value is -0.930. The standard InChI is InChI=1S/C12H16N2S/c1-14-11(8-15-2)6-9-4-3-5-10(7-13)12(9)14/h3-6H,7-8,13H2,1-2H3. The summed E-state index contributed by atoms with van der Waals surface area (Å²) in [5, 5.41) is 1.30. The minimum atomic E-state index is 0.605. The van der Waals surface area contributed by atoms with Gasteiger partial charge in [0.2, 0.25) is 0 Å². The van der Waals surface area contributed by atoms with Crippen LogP contribution in [-0.2, 0) is 19.3 Å². The van der Waals surface area contributed by atoms with Crippen molar-refractivity contribution in [3.63, 3.8) is 0 Å². The summed E-state index contributed by atoms with van der Waals surface area (Å²) in [5.74, 6) is 1.05. The van der Waals surface area contributed by atoms with Crippen LogP contribution in [0, 0.1) is 0 Å². The van der Waals surface area contributed by atoms with Gasteiger partial charge >= 0.3 is 0 Å². The van der Waals surface area contributed by atoms with Crippen molar-refractivity contribution in [3.8, 4) is 0 Å². The molecule has 1 aromatic heterocycles. The van der Waals surface area contributed by atoms with Gasteiger partial charge in [-0.1, -0.05) is 18.2 Å². The fourth-order valence-electron chi connectivity index (χ4n) is 2.01. The SMILES string of the molecule is CSCc1cc2cccc(CN)c2n1C. The summed E-state index contributed by atoms with van der Waals surface area (Å²) in [7, 11) is 2.12. The summed E-state index contributed by atoms with van der Waals surface area (Å²) in [5.41, 5.74) is 9.62. The average molecular weight is 220 g/mol. The van der Waals surface area contributed by atoms with Crippen LogP contribution in [0.5, 0.6) is 0 Å². The molecule has 0 amide bonds. The van der Waals surface area contributed by atoms with Gasteiger partial charge in [-0.05, 0) is 17.9 Å². The number of thioether (sulfide) groups is 1. The van der Waals surface area contributed by atoms with E-state index in [-0.39, 0.29) is 0 Å². The molecule has 0 unspecified atom stereocenters. The third kappa shape index (κ3) is 1.77. The lowest BCUT2D eigenvalue weighted by molar-refractivity contribution is 0.898. The summed E-state index contributed by atoms with van der Waals surface area (Å²) in [6, 6.07) is 8.59. The van der Waals surface area contributed by atoms with E-state index in [2.05, 4.69) is 42.1 Å². The molecular formula is C12H16N2S. The van der Waals surface area contributed by atoms with Crippen molar-refractivity contribution in [1.82, 2.24) is 4.57 Å². The monoisotopic (exact) mass is 220 g/mol. The largest absolute Gasteiger partial charge is 0.347 e. The van der Waals surface area contributed by atoms with Gasteiger partial charge in [0.1, 0.15) is 0 Å². The van der Waals surface area contributed by atoms with E-state index in [9.17, 15) is 0 Å². The Kier molecular flexibility index (Phi) is 3.03. The number of nitrogens with two attached hydrogens (primary N) is 1. The molecule has 0 saturated heterocycles. The number of fused-ring (bicyclic) bond motifs is 1. The van der Waals surface area contributed by atoms with Crippen LogP contribution in [0.15, 0.2) is 24.3 Å². The van der Waals surface area contributed by atoms with Gasteiger partial charge in [-0.15, -0.1) is 0 Å². The van der Waals surface area contributed by atoms with E-state index in [0.717, 1.165) is 5.75 Å². The lowest BCUT2D eigenvalue weighted by Crippen LogP contribution is -2.01. The van der Waals surface area contributed by atoms with E-state index in [0.29, 0.717) is 6.54 Å². The number of rotatable bonds is 3. The molecule has 0 bridgehead atoms. The van der Waals surface area contributed by atoms with Gasteiger partial charge in [0.05, 0.1) is 5.52 Å². The molecule has 0 spiro atoms. The molecule has 3 heteroatoms. The second-order valence-corrected chi connectivity index (χ2v) is 4.55. The van der Waals surface area contributed by atoms with E-state index in [4.69, 9.17) is 5.73 Å². The van der Waals surface area contributed by atoms with Crippen molar-refractivity contribution in [2.45, 2.75) is 12.3 Å². The topological polar surface area (TPSA) is 30.9 Å². The first kappa shape index (κ1) is 10.6. The van der Waals surface area contributed by atoms with E-state index in [1.165, 1.54) is 22.2 Å². The fraction of sp³-hybridized carbons (Fsp3) is 0.333. The number of hydrogen-bond acceptors (Lipinski definition) is 2. The van der Waals surface area contributed by atoms with Crippen molar-refractivity contribution in [1.29, 1.82) is 0 Å². The van der Waals surface area contributed by atoms with Crippen LogP contribution >= 0.6 is 11.8 Å². The lowest BCUT2D eigenvalue weighted by Gasteiger charge is -2.05. The molecule has 0 aliphatic heterocycles. The molecule has 0 radical (unpaired) electrons. The van der Waals surface area contributed by atoms with Gasteiger partial charge in [-0.2, -0.15) is 11.8 Å². The molecule has 0 atom stereocenters. The molecule has 1 aromatic carbocycles. The van der Waals surface area contributed by atoms with Crippen LogP contribution in [0.4, 0.5) is 0 Å². The Morgan fingerprint density at radius 3 is 2.87 bits per heavy atom. The third-order valence-corrected chi connectivity index (χ3v) is 3.34. The highest BCUT2D eigenvalue weighted by Crippen LogP contribution is 2.24. The maximum absolute atomic E-state index is 5.75. The average Bonchev–Trinajstić information content (AvgIpc) is 2.57. The molecule has 2 rings (SSSR count). The van der Waals surface area contributed by atoms with E-state index in [1.54, 1.807) is 0 Å². The van der Waals surface area contributed by atoms with Crippen LogP contribution in [-0.4, -0.2) is 10.8 Å². The third-order valence-electron chi connectivity index (χ3n) is 2.75. The summed E-state index contributed by atoms with van der Waals surface area (Å²) in [4.78, 5) is 0. The van der Waals surface area contributed by atoms with Crippen LogP contribution < -0.4 is 5.73 Å². The van der Waals surface area contributed by atoms with E-state index >= 15 is 0 Å². The Morgan fingerprint density at radius 2 is 2.20 bits per heavy atom. The van der Waals surface area contributed by atoms with Crippen LogP contribution in [0.1, 0.15) is 11.3 Å². The van der Waals surface area contributed by atoms with Gasteiger partial charge < -0.3 is 10.3 Å². The van der Waals surface area contributed by atoms with E-state index < -0.39 is 0 Å². The number of nitrogens with zero attached hydrogens (tertiary/aromatic N) is 1. The number of hydrogen-bond donors (Lipinski definition) is 1. The molecule has 2 aromatic rings. The molecule has 15 heavy (non-hydrogen) atoms. The van der Waals surface area contributed by atoms with Crippen molar-refractivity contribution in [2.24, 2.45) is 12.8 Å². The maximum atomic E-state index is 5.75. The van der Waals surface area contributed by atoms with Crippen molar-refractivity contribution < 1.29 is 0 Å². The molecule has 1 heterocycles. The minimum absolute atomic E-state index is 0.605. The second kappa shape index (κ2) is 4.29. The Labute approximate surface area is 94.5 Å². The highest BCUT2D eigenvalue weighted by Gasteiger charge is 2.07. The first-order valence-electron chi connectivity index (χ1n) is 5.03. The van der Waals surface area contributed by atoms with E-state index in [1.807, 2.05) is 11.8 Å². The van der Waals surface area contributed by atoms with Gasteiger partial charge in [0.15, 0.2) is 0 Å². The molecular weight excluding hydrogens is 204 g/mol. The fourth-order valence-corrected chi connectivity index (χ4v) is 2.58. The van der Waals surface area contributed by atoms with Gasteiger partial charge in [-0.3, -0.25) is 0 Å². The number of aromatic nitrogens is 1. The van der Waals surface area contributed by atoms with Crippen molar-refractivity contribution in [3.05, 3.63) is 35.5 Å². The van der Waals surface area contributed by atoms with Crippen LogP contribution in [0.25, 0.3) is 10.9 Å². The Morgan fingerprint density at radius 1 is 1.40 bits per heavy atom. The lowest BCUT2D eigenvalue weighted by atomic mass is 10.1. The molecule has 0 aliphatic carbocycles. The molecule has 2 N–H and O–H groups in total. The molecule has 2 nitrogen and oxygen atoms in total. The number of benzene rings is 1. The summed E-state index contributed by atoms with van der Waals surface area (Å²) in [6.45, 7) is 0.605. The highest BCUT2D eigenvalue weighted by molar-refractivity contribution is 7.97. The van der Waals surface area contributed by atoms with Crippen molar-refractivity contribution in [2.75, 3.05) is 6.26 Å². The van der Waals surface area contributed by atoms with Crippen LogP contribution in [0.3, 0.4) is 0 Å². The first-order chi connectivity index (χ1) is 7.27. The van der Waals surface area contributed by atoms with Crippen molar-refractivity contribution >= 4 is 22.7 Å². The predicted octanol–water partition coefficient (Wildman–Crippen LogP) is 2.50. The first-order valence-corrected chi connectivity index (χ1v) is 6.42. The zero-order valence-electron chi connectivity index (χ0n) is 9.16. The normalized spacial score (nSPS) is 11.1. The Balaban J connectivity index is 2.65. The second-order valence-electron chi connectivity index (χ2n) is 3.69. The minimum Gasteiger partial charge on any atom is -0.347 e. The molecule has 0 saturated carbocycles. The molecule has 0 fully saturated rings. The summed E-state index contributed by atoms with van der Waals surface area (Å²) < 4.78 is 2.26. The molecule has 80 valence electrons. The maximum Gasteiger partial charge on any atom is 0.0525 e. The summed E-state index contributed by atoms with van der Waals surface area (Å²) >= 11 is 1.85. The Bertz CT molecular complexity index is 474. The smallest absolute Gasteiger partial charge is 0.0525 e. The number of para-hydroxylation sites is 1. The predicted molar refractivity (Wildman–Crippen MR) is 68.0 cm³/mol. The highest BCUT2D eigenvalue weighted by atomic mass is 32.2. The zero-order valence-corrected chi connectivity index (χ0v) is 9.97. The van der Waals surface area contributed by atoms with Gasteiger partial charge in [0.25, 0.3) is 0 Å². The van der Waals surface area contributed by atoms with Crippen LogP contribution in [0.2, 0.25) is 0 Å². The van der Waals surface area contributed by atoms with Gasteiger partial charge in [-0.25, -0.2) is 0 Å².